The van der Waals surface area contributed by atoms with Crippen molar-refractivity contribution in [2.24, 2.45) is 0 Å². The van der Waals surface area contributed by atoms with Crippen LogP contribution >= 0.6 is 11.8 Å². The van der Waals surface area contributed by atoms with E-state index in [0.29, 0.717) is 11.3 Å². The van der Waals surface area contributed by atoms with Crippen LogP contribution in [0.2, 0.25) is 0 Å². The molecule has 2 nitrogen and oxygen atoms in total. The highest BCUT2D eigenvalue weighted by Crippen LogP contribution is 2.33. The highest BCUT2D eigenvalue weighted by atomic mass is 32.2. The zero-order valence-corrected chi connectivity index (χ0v) is 10.9. The molecule has 0 saturated carbocycles. The predicted molar refractivity (Wildman–Crippen MR) is 69.9 cm³/mol. The first kappa shape index (κ1) is 12.3. The molecule has 0 aliphatic carbocycles. The van der Waals surface area contributed by atoms with Crippen molar-refractivity contribution in [2.75, 3.05) is 23.7 Å². The molecule has 0 aromatic heterocycles. The molecule has 0 radical (unpaired) electrons. The van der Waals surface area contributed by atoms with Crippen LogP contribution < -0.4 is 4.90 Å². The van der Waals surface area contributed by atoms with E-state index < -0.39 is 0 Å². The lowest BCUT2D eigenvalue weighted by atomic mass is 10.1. The lowest BCUT2D eigenvalue weighted by molar-refractivity contribution is 0.597. The summed E-state index contributed by atoms with van der Waals surface area (Å²) in [5, 5.41) is 8.71. The zero-order valence-electron chi connectivity index (χ0n) is 10.0. The zero-order chi connectivity index (χ0) is 12.5. The van der Waals surface area contributed by atoms with Crippen molar-refractivity contribution in [3.63, 3.8) is 0 Å². The predicted octanol–water partition coefficient (Wildman–Crippen LogP) is 3.03. The molecule has 17 heavy (non-hydrogen) atoms. The van der Waals surface area contributed by atoms with E-state index in [4.69, 9.17) is 5.26 Å². The molecular weight excluding hydrogens is 235 g/mol. The number of nitriles is 1. The van der Waals surface area contributed by atoms with E-state index in [9.17, 15) is 4.39 Å². The summed E-state index contributed by atoms with van der Waals surface area (Å²) < 4.78 is 14.0. The van der Waals surface area contributed by atoms with Gasteiger partial charge in [0.2, 0.25) is 0 Å². The highest BCUT2D eigenvalue weighted by Gasteiger charge is 2.28. The van der Waals surface area contributed by atoms with Crippen molar-refractivity contribution in [2.45, 2.75) is 18.6 Å². The SMILES string of the molecule is CC1(C)CN(c2ccc(C#N)cc2F)CCS1. The van der Waals surface area contributed by atoms with E-state index in [1.807, 2.05) is 17.8 Å². The molecule has 1 heterocycles. The largest absolute Gasteiger partial charge is 0.367 e. The topological polar surface area (TPSA) is 27.0 Å². The minimum absolute atomic E-state index is 0.151. The number of thioether (sulfide) groups is 1. The summed E-state index contributed by atoms with van der Waals surface area (Å²) >= 11 is 1.92. The summed E-state index contributed by atoms with van der Waals surface area (Å²) in [6.07, 6.45) is 0. The summed E-state index contributed by atoms with van der Waals surface area (Å²) in [5.74, 6) is 0.707. The van der Waals surface area contributed by atoms with E-state index in [-0.39, 0.29) is 10.6 Å². The third kappa shape index (κ3) is 2.73. The van der Waals surface area contributed by atoms with Gasteiger partial charge in [-0.2, -0.15) is 17.0 Å². The fraction of sp³-hybridized carbons (Fsp3) is 0.462. The Morgan fingerprint density at radius 3 is 2.82 bits per heavy atom. The van der Waals surface area contributed by atoms with Crippen LogP contribution in [0.15, 0.2) is 18.2 Å². The number of anilines is 1. The highest BCUT2D eigenvalue weighted by molar-refractivity contribution is 8.00. The van der Waals surface area contributed by atoms with Gasteiger partial charge in [-0.3, -0.25) is 0 Å². The normalized spacial score (nSPS) is 18.8. The Labute approximate surface area is 105 Å². The fourth-order valence-corrected chi connectivity index (χ4v) is 3.17. The first-order valence-corrected chi connectivity index (χ1v) is 6.59. The third-order valence-corrected chi connectivity index (χ3v) is 4.14. The molecule has 90 valence electrons. The minimum Gasteiger partial charge on any atom is -0.367 e. The van der Waals surface area contributed by atoms with Crippen LogP contribution in [0.25, 0.3) is 0 Å². The van der Waals surface area contributed by atoms with Crippen molar-refractivity contribution in [3.05, 3.63) is 29.6 Å². The molecule has 4 heteroatoms. The average Bonchev–Trinajstić information content (AvgIpc) is 2.27. The van der Waals surface area contributed by atoms with Gasteiger partial charge in [0.1, 0.15) is 5.82 Å². The van der Waals surface area contributed by atoms with Crippen LogP contribution in [0.3, 0.4) is 0 Å². The molecule has 0 unspecified atom stereocenters. The van der Waals surface area contributed by atoms with E-state index in [2.05, 4.69) is 18.7 Å². The van der Waals surface area contributed by atoms with Gasteiger partial charge in [0.25, 0.3) is 0 Å². The van der Waals surface area contributed by atoms with Gasteiger partial charge in [0, 0.05) is 23.6 Å². The van der Waals surface area contributed by atoms with Crippen molar-refractivity contribution >= 4 is 17.4 Å². The number of hydrogen-bond donors (Lipinski definition) is 0. The average molecular weight is 250 g/mol. The summed E-state index contributed by atoms with van der Waals surface area (Å²) in [6, 6.07) is 6.64. The van der Waals surface area contributed by atoms with Crippen LogP contribution in [0.5, 0.6) is 0 Å². The number of rotatable bonds is 1. The number of hydrogen-bond acceptors (Lipinski definition) is 3. The molecule has 1 aromatic carbocycles. The Hall–Kier alpha value is -1.21. The van der Waals surface area contributed by atoms with Gasteiger partial charge in [-0.1, -0.05) is 0 Å². The maximum atomic E-state index is 13.9. The van der Waals surface area contributed by atoms with Crippen molar-refractivity contribution in [1.82, 2.24) is 0 Å². The summed E-state index contributed by atoms with van der Waals surface area (Å²) in [6.45, 7) is 6.04. The maximum Gasteiger partial charge on any atom is 0.147 e. The first-order chi connectivity index (χ1) is 8.02. The van der Waals surface area contributed by atoms with E-state index >= 15 is 0 Å². The quantitative estimate of drug-likeness (QED) is 0.766. The lowest BCUT2D eigenvalue weighted by Gasteiger charge is -2.39. The molecule has 0 amide bonds. The molecule has 0 atom stereocenters. The Balaban J connectivity index is 2.26. The molecule has 0 bridgehead atoms. The maximum absolute atomic E-state index is 13.9. The molecule has 1 aliphatic heterocycles. The van der Waals surface area contributed by atoms with E-state index in [0.717, 1.165) is 18.8 Å². The van der Waals surface area contributed by atoms with Gasteiger partial charge in [0.05, 0.1) is 17.3 Å². The van der Waals surface area contributed by atoms with Gasteiger partial charge in [0.15, 0.2) is 0 Å². The second-order valence-corrected chi connectivity index (χ2v) is 6.61. The van der Waals surface area contributed by atoms with E-state index in [1.165, 1.54) is 6.07 Å². The molecule has 1 aliphatic rings. The van der Waals surface area contributed by atoms with Crippen LogP contribution in [0.1, 0.15) is 19.4 Å². The monoisotopic (exact) mass is 250 g/mol. The molecule has 2 rings (SSSR count). The Kier molecular flexibility index (Phi) is 3.30. The van der Waals surface area contributed by atoms with Crippen molar-refractivity contribution in [1.29, 1.82) is 5.26 Å². The van der Waals surface area contributed by atoms with Gasteiger partial charge < -0.3 is 4.90 Å². The second-order valence-electron chi connectivity index (χ2n) is 4.81. The number of benzene rings is 1. The molecular formula is C13H15FN2S. The van der Waals surface area contributed by atoms with Crippen molar-refractivity contribution < 1.29 is 4.39 Å². The Bertz CT molecular complexity index is 465. The third-order valence-electron chi connectivity index (χ3n) is 2.84. The van der Waals surface area contributed by atoms with Gasteiger partial charge in [-0.15, -0.1) is 0 Å². The standard InChI is InChI=1S/C13H15FN2S/c1-13(2)9-16(5-6-17-13)12-4-3-10(8-15)7-11(12)14/h3-4,7H,5-6,9H2,1-2H3. The van der Waals surface area contributed by atoms with Gasteiger partial charge in [-0.05, 0) is 32.0 Å². The summed E-state index contributed by atoms with van der Waals surface area (Å²) in [4.78, 5) is 2.06. The van der Waals surface area contributed by atoms with Gasteiger partial charge in [-0.25, -0.2) is 4.39 Å². The van der Waals surface area contributed by atoms with Crippen LogP contribution in [-0.2, 0) is 0 Å². The fourth-order valence-electron chi connectivity index (χ4n) is 2.05. The summed E-state index contributed by atoms with van der Waals surface area (Å²) in [5.41, 5.74) is 0.981. The smallest absolute Gasteiger partial charge is 0.147 e. The molecule has 0 N–H and O–H groups in total. The second kappa shape index (κ2) is 4.58. The van der Waals surface area contributed by atoms with Crippen LogP contribution in [0.4, 0.5) is 10.1 Å². The van der Waals surface area contributed by atoms with Crippen LogP contribution in [-0.4, -0.2) is 23.6 Å². The van der Waals surface area contributed by atoms with Crippen LogP contribution in [0, 0.1) is 17.1 Å². The first-order valence-electron chi connectivity index (χ1n) is 5.60. The van der Waals surface area contributed by atoms with Crippen molar-refractivity contribution in [3.8, 4) is 6.07 Å². The Morgan fingerprint density at radius 1 is 1.47 bits per heavy atom. The number of nitrogens with zero attached hydrogens (tertiary/aromatic N) is 2. The lowest BCUT2D eigenvalue weighted by Crippen LogP contribution is -2.43. The van der Waals surface area contributed by atoms with E-state index in [1.54, 1.807) is 12.1 Å². The molecule has 0 spiro atoms. The molecule has 1 saturated heterocycles. The van der Waals surface area contributed by atoms with Gasteiger partial charge >= 0.3 is 0 Å². The molecule has 1 aromatic rings. The summed E-state index contributed by atoms with van der Waals surface area (Å²) in [7, 11) is 0. The molecule has 1 fully saturated rings. The minimum atomic E-state index is -0.299. The number of halogens is 1. The Morgan fingerprint density at radius 2 is 2.24 bits per heavy atom.